The van der Waals surface area contributed by atoms with E-state index >= 15 is 0 Å². The lowest BCUT2D eigenvalue weighted by molar-refractivity contribution is -0.141. The average molecular weight is 378 g/mol. The van der Waals surface area contributed by atoms with Gasteiger partial charge in [0, 0.05) is 29.6 Å². The molecule has 0 spiro atoms. The van der Waals surface area contributed by atoms with Gasteiger partial charge >= 0.3 is 12.0 Å². The number of carbonyl (C=O) groups excluding carboxylic acids is 1. The minimum Gasteiger partial charge on any atom is -0.480 e. The third kappa shape index (κ3) is 3.66. The van der Waals surface area contributed by atoms with Crippen molar-refractivity contribution in [2.45, 2.75) is 18.6 Å². The number of amides is 2. The van der Waals surface area contributed by atoms with Gasteiger partial charge in [-0.15, -0.1) is 0 Å². The second kappa shape index (κ2) is 6.64. The Morgan fingerprint density at radius 3 is 2.86 bits per heavy atom. The minimum absolute atomic E-state index is 0.234. The summed E-state index contributed by atoms with van der Waals surface area (Å²) in [5.74, 6) is -1.05. The molecule has 21 heavy (non-hydrogen) atoms. The topological polar surface area (TPSA) is 78.9 Å². The van der Waals surface area contributed by atoms with Crippen LogP contribution in [0.15, 0.2) is 22.7 Å². The molecule has 0 bridgehead atoms. The Morgan fingerprint density at radius 2 is 2.24 bits per heavy atom. The quantitative estimate of drug-likeness (QED) is 0.849. The third-order valence-electron chi connectivity index (χ3n) is 3.31. The number of nitrogens with one attached hydrogen (secondary N) is 1. The molecule has 114 valence electrons. The molecule has 2 N–H and O–H groups in total. The molecule has 2 unspecified atom stereocenters. The van der Waals surface area contributed by atoms with Gasteiger partial charge in [0.15, 0.2) is 0 Å². The predicted octanol–water partition coefficient (Wildman–Crippen LogP) is 2.81. The van der Waals surface area contributed by atoms with Crippen LogP contribution >= 0.6 is 27.5 Å². The Balaban J connectivity index is 2.15. The lowest BCUT2D eigenvalue weighted by Gasteiger charge is -2.22. The summed E-state index contributed by atoms with van der Waals surface area (Å²) in [4.78, 5) is 24.8. The standard InChI is InChI=1S/C13H14BrClN2O4/c1-21-8-5-11(12(18)19)17(6-8)13(20)16-10-4-7(15)2-3-9(10)14/h2-4,8,11H,5-6H2,1H3,(H,16,20)(H,18,19). The van der Waals surface area contributed by atoms with E-state index in [2.05, 4.69) is 21.2 Å². The van der Waals surface area contributed by atoms with Crippen molar-refractivity contribution in [3.05, 3.63) is 27.7 Å². The van der Waals surface area contributed by atoms with E-state index in [0.717, 1.165) is 0 Å². The number of aliphatic carboxylic acids is 1. The zero-order valence-corrected chi connectivity index (χ0v) is 13.5. The fourth-order valence-corrected chi connectivity index (χ4v) is 2.72. The van der Waals surface area contributed by atoms with E-state index in [9.17, 15) is 14.7 Å². The molecule has 1 aliphatic rings. The highest BCUT2D eigenvalue weighted by Gasteiger charge is 2.40. The third-order valence-corrected chi connectivity index (χ3v) is 4.24. The maximum atomic E-state index is 12.3. The average Bonchev–Trinajstić information content (AvgIpc) is 2.87. The number of likely N-dealkylation sites (tertiary alicyclic amines) is 1. The van der Waals surface area contributed by atoms with Crippen molar-refractivity contribution in [3.63, 3.8) is 0 Å². The van der Waals surface area contributed by atoms with E-state index in [1.807, 2.05) is 0 Å². The van der Waals surface area contributed by atoms with Crippen molar-refractivity contribution in [3.8, 4) is 0 Å². The van der Waals surface area contributed by atoms with Crippen molar-refractivity contribution < 1.29 is 19.4 Å². The van der Waals surface area contributed by atoms with Crippen molar-refractivity contribution in [1.82, 2.24) is 4.90 Å². The molecule has 1 aromatic rings. The number of carbonyl (C=O) groups is 2. The molecule has 1 fully saturated rings. The minimum atomic E-state index is -1.05. The molecule has 2 rings (SSSR count). The van der Waals surface area contributed by atoms with Gasteiger partial charge in [-0.25, -0.2) is 9.59 Å². The highest BCUT2D eigenvalue weighted by molar-refractivity contribution is 9.10. The summed E-state index contributed by atoms with van der Waals surface area (Å²) in [6.45, 7) is 0.234. The molecule has 1 aliphatic heterocycles. The van der Waals surface area contributed by atoms with Gasteiger partial charge in [-0.1, -0.05) is 11.6 Å². The van der Waals surface area contributed by atoms with Gasteiger partial charge in [-0.05, 0) is 34.1 Å². The fourth-order valence-electron chi connectivity index (χ4n) is 2.21. The second-order valence-corrected chi connectivity index (χ2v) is 5.94. The van der Waals surface area contributed by atoms with Gasteiger partial charge in [0.05, 0.1) is 11.8 Å². The molecule has 6 nitrogen and oxygen atoms in total. The number of anilines is 1. The van der Waals surface area contributed by atoms with Gasteiger partial charge in [0.1, 0.15) is 6.04 Å². The van der Waals surface area contributed by atoms with Crippen LogP contribution in [0.4, 0.5) is 10.5 Å². The lowest BCUT2D eigenvalue weighted by atomic mass is 10.2. The van der Waals surface area contributed by atoms with Gasteiger partial charge in [0.25, 0.3) is 0 Å². The Hall–Kier alpha value is -1.31. The van der Waals surface area contributed by atoms with Gasteiger partial charge in [-0.2, -0.15) is 0 Å². The summed E-state index contributed by atoms with van der Waals surface area (Å²) < 4.78 is 5.81. The molecule has 0 saturated carbocycles. The molecule has 0 aromatic heterocycles. The van der Waals surface area contributed by atoms with Crippen molar-refractivity contribution in [1.29, 1.82) is 0 Å². The predicted molar refractivity (Wildman–Crippen MR) is 81.7 cm³/mol. The van der Waals surface area contributed by atoms with Gasteiger partial charge < -0.3 is 20.1 Å². The molecule has 0 aliphatic carbocycles. The number of carboxylic acids is 1. The van der Waals surface area contributed by atoms with Crippen LogP contribution in [0.1, 0.15) is 6.42 Å². The smallest absolute Gasteiger partial charge is 0.326 e. The molecule has 1 heterocycles. The normalized spacial score (nSPS) is 21.4. The first kappa shape index (κ1) is 16.1. The number of halogens is 2. The molecule has 8 heteroatoms. The summed E-state index contributed by atoms with van der Waals surface area (Å²) in [7, 11) is 1.50. The number of urea groups is 1. The number of methoxy groups -OCH3 is 1. The number of hydrogen-bond donors (Lipinski definition) is 2. The molecule has 0 radical (unpaired) electrons. The summed E-state index contributed by atoms with van der Waals surface area (Å²) in [6.07, 6.45) is -0.00432. The largest absolute Gasteiger partial charge is 0.480 e. The lowest BCUT2D eigenvalue weighted by Crippen LogP contribution is -2.43. The van der Waals surface area contributed by atoms with E-state index in [-0.39, 0.29) is 19.1 Å². The summed E-state index contributed by atoms with van der Waals surface area (Å²) >= 11 is 9.19. The van der Waals surface area contributed by atoms with Crippen LogP contribution in [0, 0.1) is 0 Å². The number of carboxylic acid groups (broad SMARTS) is 1. The van der Waals surface area contributed by atoms with Gasteiger partial charge in [-0.3, -0.25) is 0 Å². The Kier molecular flexibility index (Phi) is 5.08. The van der Waals surface area contributed by atoms with Crippen LogP contribution in [0.25, 0.3) is 0 Å². The zero-order chi connectivity index (χ0) is 15.6. The van der Waals surface area contributed by atoms with Crippen molar-refractivity contribution >= 4 is 45.2 Å². The van der Waals surface area contributed by atoms with Crippen molar-refractivity contribution in [2.24, 2.45) is 0 Å². The van der Waals surface area contributed by atoms with E-state index in [1.54, 1.807) is 18.2 Å². The van der Waals surface area contributed by atoms with Crippen LogP contribution in [-0.4, -0.2) is 47.8 Å². The summed E-state index contributed by atoms with van der Waals surface area (Å²) in [5, 5.41) is 12.3. The molecular formula is C13H14BrClN2O4. The Morgan fingerprint density at radius 1 is 1.52 bits per heavy atom. The Bertz CT molecular complexity index is 569. The molecule has 1 aromatic carbocycles. The van der Waals surface area contributed by atoms with Crippen LogP contribution in [-0.2, 0) is 9.53 Å². The first-order valence-electron chi connectivity index (χ1n) is 6.20. The number of hydrogen-bond acceptors (Lipinski definition) is 3. The van der Waals surface area contributed by atoms with Crippen LogP contribution in [0.2, 0.25) is 5.02 Å². The van der Waals surface area contributed by atoms with E-state index in [1.165, 1.54) is 12.0 Å². The highest BCUT2D eigenvalue weighted by atomic mass is 79.9. The molecule has 1 saturated heterocycles. The number of rotatable bonds is 3. The zero-order valence-electron chi connectivity index (χ0n) is 11.2. The monoisotopic (exact) mass is 376 g/mol. The number of benzene rings is 1. The molecule has 2 amide bonds. The SMILES string of the molecule is COC1CC(C(=O)O)N(C(=O)Nc2cc(Cl)ccc2Br)C1. The van der Waals surface area contributed by atoms with Gasteiger partial charge in [0.2, 0.25) is 0 Å². The summed E-state index contributed by atoms with van der Waals surface area (Å²) in [6, 6.07) is 3.58. The number of ether oxygens (including phenoxy) is 1. The van der Waals surface area contributed by atoms with E-state index < -0.39 is 18.0 Å². The first-order valence-corrected chi connectivity index (χ1v) is 7.37. The van der Waals surface area contributed by atoms with E-state index in [4.69, 9.17) is 16.3 Å². The van der Waals surface area contributed by atoms with Crippen LogP contribution in [0.5, 0.6) is 0 Å². The second-order valence-electron chi connectivity index (χ2n) is 4.65. The first-order chi connectivity index (χ1) is 9.92. The molecule has 2 atom stereocenters. The number of nitrogens with zero attached hydrogens (tertiary/aromatic N) is 1. The molecular weight excluding hydrogens is 364 g/mol. The highest BCUT2D eigenvalue weighted by Crippen LogP contribution is 2.27. The maximum Gasteiger partial charge on any atom is 0.326 e. The van der Waals surface area contributed by atoms with Crippen LogP contribution in [0.3, 0.4) is 0 Å². The maximum absolute atomic E-state index is 12.3. The van der Waals surface area contributed by atoms with E-state index in [0.29, 0.717) is 15.2 Å². The van der Waals surface area contributed by atoms with Crippen LogP contribution < -0.4 is 5.32 Å². The van der Waals surface area contributed by atoms with Crippen molar-refractivity contribution in [2.75, 3.05) is 19.0 Å². The fraction of sp³-hybridized carbons (Fsp3) is 0.385. The summed E-state index contributed by atoms with van der Waals surface area (Å²) in [5.41, 5.74) is 0.484. The Labute approximate surface area is 135 Å².